The molecular weight excluding hydrogens is 302 g/mol. The van der Waals surface area contributed by atoms with Gasteiger partial charge in [-0.3, -0.25) is 0 Å². The Bertz CT molecular complexity index is 626. The first-order valence-corrected chi connectivity index (χ1v) is 8.59. The van der Waals surface area contributed by atoms with Crippen LogP contribution in [0.15, 0.2) is 52.2 Å². The second kappa shape index (κ2) is 8.38. The molecule has 128 valence electrons. The number of nitrogens with zero attached hydrogens (tertiary/aromatic N) is 3. The molecule has 24 heavy (non-hydrogen) atoms. The first-order chi connectivity index (χ1) is 11.8. The molecule has 0 saturated carbocycles. The van der Waals surface area contributed by atoms with Gasteiger partial charge in [-0.2, -0.15) is 0 Å². The highest BCUT2D eigenvalue weighted by atomic mass is 16.5. The Balaban J connectivity index is 1.60. The summed E-state index contributed by atoms with van der Waals surface area (Å²) in [6.45, 7) is 5.51. The van der Waals surface area contributed by atoms with Crippen molar-refractivity contribution in [3.05, 3.63) is 48.4 Å². The van der Waals surface area contributed by atoms with Crippen molar-refractivity contribution in [3.63, 3.8) is 0 Å². The predicted octanol–water partition coefficient (Wildman–Crippen LogP) is 2.40. The Kier molecular flexibility index (Phi) is 5.71. The highest BCUT2D eigenvalue weighted by Gasteiger charge is 2.20. The maximum absolute atomic E-state index is 4.85. The second-order valence-corrected chi connectivity index (χ2v) is 5.95. The molecule has 0 aliphatic carbocycles. The zero-order valence-electron chi connectivity index (χ0n) is 14.1. The van der Waals surface area contributed by atoms with Gasteiger partial charge in [0.2, 0.25) is 0 Å². The quantitative estimate of drug-likeness (QED) is 0.652. The topological polar surface area (TPSA) is 65.7 Å². The van der Waals surface area contributed by atoms with Gasteiger partial charge in [0, 0.05) is 37.4 Å². The summed E-state index contributed by atoms with van der Waals surface area (Å²) in [5, 5.41) is 10.8. The zero-order valence-corrected chi connectivity index (χ0v) is 14.1. The minimum absolute atomic E-state index is 0.383. The lowest BCUT2D eigenvalue weighted by Gasteiger charge is -2.35. The van der Waals surface area contributed by atoms with Crippen molar-refractivity contribution in [2.75, 3.05) is 24.5 Å². The summed E-state index contributed by atoms with van der Waals surface area (Å²) in [6.07, 6.45) is 3.90. The summed E-state index contributed by atoms with van der Waals surface area (Å²) in [5.41, 5.74) is 2.12. The Hall–Kier alpha value is -2.50. The number of aromatic nitrogens is 1. The van der Waals surface area contributed by atoms with Gasteiger partial charge in [-0.05, 0) is 31.9 Å². The minimum Gasteiger partial charge on any atom is -0.369 e. The summed E-state index contributed by atoms with van der Waals surface area (Å²) in [4.78, 5) is 7.03. The number of hydrogen-bond acceptors (Lipinski definition) is 4. The molecule has 1 saturated heterocycles. The van der Waals surface area contributed by atoms with E-state index in [2.05, 4.69) is 62.9 Å². The van der Waals surface area contributed by atoms with Crippen molar-refractivity contribution in [3.8, 4) is 0 Å². The molecule has 1 atom stereocenters. The molecule has 6 heteroatoms. The van der Waals surface area contributed by atoms with Crippen molar-refractivity contribution in [1.82, 2.24) is 15.8 Å². The van der Waals surface area contributed by atoms with E-state index in [0.717, 1.165) is 37.7 Å². The molecule has 0 radical (unpaired) electrons. The summed E-state index contributed by atoms with van der Waals surface area (Å²) < 4.78 is 4.85. The minimum atomic E-state index is 0.383. The summed E-state index contributed by atoms with van der Waals surface area (Å²) >= 11 is 0. The number of rotatable bonds is 5. The molecular formula is C18H25N5O. The third-order valence-electron chi connectivity index (χ3n) is 4.12. The third kappa shape index (κ3) is 4.50. The van der Waals surface area contributed by atoms with Crippen molar-refractivity contribution in [2.45, 2.75) is 32.4 Å². The molecule has 0 amide bonds. The fourth-order valence-electron chi connectivity index (χ4n) is 2.96. The smallest absolute Gasteiger partial charge is 0.191 e. The molecule has 2 aromatic rings. The van der Waals surface area contributed by atoms with E-state index in [9.17, 15) is 0 Å². The first kappa shape index (κ1) is 16.4. The third-order valence-corrected chi connectivity index (χ3v) is 4.12. The van der Waals surface area contributed by atoms with E-state index in [0.29, 0.717) is 12.6 Å². The number of anilines is 1. The van der Waals surface area contributed by atoms with E-state index in [4.69, 9.17) is 4.52 Å². The lowest BCUT2D eigenvalue weighted by atomic mass is 10.1. The molecule has 1 aliphatic rings. The van der Waals surface area contributed by atoms with Gasteiger partial charge in [0.1, 0.15) is 12.0 Å². The van der Waals surface area contributed by atoms with Gasteiger partial charge in [0.25, 0.3) is 0 Å². The van der Waals surface area contributed by atoms with Crippen molar-refractivity contribution < 1.29 is 4.52 Å². The molecule has 1 fully saturated rings. The Morgan fingerprint density at radius 2 is 2.21 bits per heavy atom. The molecule has 1 aromatic carbocycles. The lowest BCUT2D eigenvalue weighted by Crippen LogP contribution is -2.51. The molecule has 2 heterocycles. The van der Waals surface area contributed by atoms with Gasteiger partial charge < -0.3 is 20.1 Å². The van der Waals surface area contributed by atoms with E-state index in [-0.39, 0.29) is 0 Å². The highest BCUT2D eigenvalue weighted by molar-refractivity contribution is 5.80. The molecule has 2 N–H and O–H groups in total. The Morgan fingerprint density at radius 1 is 1.33 bits per heavy atom. The molecule has 1 unspecified atom stereocenters. The Labute approximate surface area is 142 Å². The zero-order chi connectivity index (χ0) is 16.6. The molecule has 1 aromatic heterocycles. The van der Waals surface area contributed by atoms with Crippen LogP contribution in [0, 0.1) is 0 Å². The molecule has 6 nitrogen and oxygen atoms in total. The van der Waals surface area contributed by atoms with Gasteiger partial charge in [0.15, 0.2) is 5.96 Å². The maximum atomic E-state index is 4.85. The largest absolute Gasteiger partial charge is 0.369 e. The molecule has 0 bridgehead atoms. The average molecular weight is 327 g/mol. The van der Waals surface area contributed by atoms with Gasteiger partial charge in [-0.1, -0.05) is 23.4 Å². The van der Waals surface area contributed by atoms with Crippen LogP contribution in [0.2, 0.25) is 0 Å². The molecule has 0 spiro atoms. The second-order valence-electron chi connectivity index (χ2n) is 5.95. The number of benzene rings is 1. The van der Waals surface area contributed by atoms with Crippen LogP contribution in [0.1, 0.15) is 25.5 Å². The summed E-state index contributed by atoms with van der Waals surface area (Å²) in [7, 11) is 0. The van der Waals surface area contributed by atoms with Crippen LogP contribution in [0.4, 0.5) is 5.69 Å². The Morgan fingerprint density at radius 3 is 2.96 bits per heavy atom. The standard InChI is InChI=1S/C18H25N5O/c1-2-19-18(20-13-15-10-12-24-22-15)21-16-7-6-11-23(14-16)17-8-4-3-5-9-17/h3-5,8-10,12,16H,2,6-7,11,13-14H2,1H3,(H2,19,20,21). The highest BCUT2D eigenvalue weighted by Crippen LogP contribution is 2.19. The number of para-hydroxylation sites is 1. The number of aliphatic imine (C=N–C) groups is 1. The van der Waals surface area contributed by atoms with Crippen LogP contribution in [-0.4, -0.2) is 36.8 Å². The van der Waals surface area contributed by atoms with Gasteiger partial charge in [-0.25, -0.2) is 4.99 Å². The lowest BCUT2D eigenvalue weighted by molar-refractivity contribution is 0.412. The van der Waals surface area contributed by atoms with Crippen LogP contribution in [0.3, 0.4) is 0 Å². The van der Waals surface area contributed by atoms with E-state index < -0.39 is 0 Å². The summed E-state index contributed by atoms with van der Waals surface area (Å²) in [6, 6.07) is 12.8. The average Bonchev–Trinajstić information content (AvgIpc) is 3.14. The number of hydrogen-bond donors (Lipinski definition) is 2. The van der Waals surface area contributed by atoms with Crippen LogP contribution in [-0.2, 0) is 6.54 Å². The van der Waals surface area contributed by atoms with Gasteiger partial charge >= 0.3 is 0 Å². The van der Waals surface area contributed by atoms with Crippen LogP contribution < -0.4 is 15.5 Å². The van der Waals surface area contributed by atoms with Crippen molar-refractivity contribution in [1.29, 1.82) is 0 Å². The fraction of sp³-hybridized carbons (Fsp3) is 0.444. The number of guanidine groups is 1. The fourth-order valence-corrected chi connectivity index (χ4v) is 2.96. The SMILES string of the molecule is CCNC(=NCc1ccon1)NC1CCCN(c2ccccc2)C1. The van der Waals surface area contributed by atoms with E-state index in [1.807, 2.05) is 6.07 Å². The maximum Gasteiger partial charge on any atom is 0.191 e. The van der Waals surface area contributed by atoms with Gasteiger partial charge in [-0.15, -0.1) is 0 Å². The van der Waals surface area contributed by atoms with Crippen molar-refractivity contribution in [2.24, 2.45) is 4.99 Å². The van der Waals surface area contributed by atoms with Crippen LogP contribution >= 0.6 is 0 Å². The first-order valence-electron chi connectivity index (χ1n) is 8.59. The van der Waals surface area contributed by atoms with Crippen molar-refractivity contribution >= 4 is 11.6 Å². The van der Waals surface area contributed by atoms with Crippen LogP contribution in [0.5, 0.6) is 0 Å². The normalized spacial score (nSPS) is 18.5. The number of piperidine rings is 1. The summed E-state index contributed by atoms with van der Waals surface area (Å²) in [5.74, 6) is 0.834. The molecule has 1 aliphatic heterocycles. The van der Waals surface area contributed by atoms with E-state index >= 15 is 0 Å². The van der Waals surface area contributed by atoms with Crippen LogP contribution in [0.25, 0.3) is 0 Å². The molecule has 3 rings (SSSR count). The predicted molar refractivity (Wildman–Crippen MR) is 96.1 cm³/mol. The van der Waals surface area contributed by atoms with E-state index in [1.54, 1.807) is 6.26 Å². The van der Waals surface area contributed by atoms with E-state index in [1.165, 1.54) is 12.1 Å². The monoisotopic (exact) mass is 327 g/mol. The van der Waals surface area contributed by atoms with Gasteiger partial charge in [0.05, 0.1) is 6.54 Å². The number of nitrogens with one attached hydrogen (secondary N) is 2.